The van der Waals surface area contributed by atoms with Gasteiger partial charge < -0.3 is 15.2 Å². The minimum atomic E-state index is -0.647. The second-order valence-electron chi connectivity index (χ2n) is 4.30. The predicted octanol–water partition coefficient (Wildman–Crippen LogP) is 4.96. The summed E-state index contributed by atoms with van der Waals surface area (Å²) in [6.45, 7) is 2.62. The minimum Gasteiger partial charge on any atom is -0.505 e. The summed E-state index contributed by atoms with van der Waals surface area (Å²) >= 11 is 9.42. The highest BCUT2D eigenvalue weighted by Gasteiger charge is 2.12. The molecular formula is C15H14BrClFNO2. The number of anilines is 1. The Morgan fingerprint density at radius 3 is 2.86 bits per heavy atom. The van der Waals surface area contributed by atoms with Gasteiger partial charge in [0.1, 0.15) is 0 Å². The molecule has 2 rings (SSSR count). The summed E-state index contributed by atoms with van der Waals surface area (Å²) < 4.78 is 19.6. The van der Waals surface area contributed by atoms with Gasteiger partial charge in [-0.2, -0.15) is 0 Å². The van der Waals surface area contributed by atoms with Gasteiger partial charge in [-0.05, 0) is 41.1 Å². The van der Waals surface area contributed by atoms with Gasteiger partial charge in [0.05, 0.1) is 16.8 Å². The fourth-order valence-electron chi connectivity index (χ4n) is 1.88. The van der Waals surface area contributed by atoms with Crippen LogP contribution in [0.4, 0.5) is 10.1 Å². The first-order valence-corrected chi connectivity index (χ1v) is 7.52. The molecule has 0 amide bonds. The lowest BCUT2D eigenvalue weighted by Gasteiger charge is -2.15. The van der Waals surface area contributed by atoms with E-state index in [1.165, 1.54) is 6.07 Å². The highest BCUT2D eigenvalue weighted by Crippen LogP contribution is 2.37. The Labute approximate surface area is 135 Å². The van der Waals surface area contributed by atoms with Gasteiger partial charge in [0.25, 0.3) is 0 Å². The van der Waals surface area contributed by atoms with Crippen molar-refractivity contribution in [2.75, 3.05) is 11.9 Å². The molecule has 0 saturated heterocycles. The van der Waals surface area contributed by atoms with E-state index in [-0.39, 0.29) is 12.3 Å². The van der Waals surface area contributed by atoms with Gasteiger partial charge in [-0.3, -0.25) is 0 Å². The number of ether oxygens (including phenoxy) is 1. The highest BCUT2D eigenvalue weighted by atomic mass is 79.9. The number of halogens is 3. The second-order valence-corrected chi connectivity index (χ2v) is 5.59. The van der Waals surface area contributed by atoms with E-state index in [0.717, 1.165) is 4.47 Å². The molecule has 2 N–H and O–H groups in total. The molecule has 0 aliphatic heterocycles. The van der Waals surface area contributed by atoms with E-state index < -0.39 is 5.82 Å². The van der Waals surface area contributed by atoms with Crippen LogP contribution in [0.2, 0.25) is 5.02 Å². The number of benzene rings is 2. The van der Waals surface area contributed by atoms with Crippen LogP contribution >= 0.6 is 27.5 Å². The molecule has 112 valence electrons. The summed E-state index contributed by atoms with van der Waals surface area (Å²) in [5, 5.41) is 13.3. The SMILES string of the molecule is CCOc1c(Br)cc(Cl)cc1NCc1cccc(F)c1O. The van der Waals surface area contributed by atoms with E-state index >= 15 is 0 Å². The zero-order valence-corrected chi connectivity index (χ0v) is 13.6. The van der Waals surface area contributed by atoms with Gasteiger partial charge >= 0.3 is 0 Å². The number of phenolic OH excluding ortho intramolecular Hbond substituents is 1. The first-order chi connectivity index (χ1) is 10.0. The molecule has 21 heavy (non-hydrogen) atoms. The van der Waals surface area contributed by atoms with E-state index in [1.54, 1.807) is 24.3 Å². The third-order valence-electron chi connectivity index (χ3n) is 2.84. The minimum absolute atomic E-state index is 0.246. The average molecular weight is 375 g/mol. The first-order valence-electron chi connectivity index (χ1n) is 6.35. The lowest BCUT2D eigenvalue weighted by Crippen LogP contribution is -2.04. The molecule has 0 bridgehead atoms. The van der Waals surface area contributed by atoms with Crippen molar-refractivity contribution in [2.24, 2.45) is 0 Å². The van der Waals surface area contributed by atoms with Crippen molar-refractivity contribution in [1.82, 2.24) is 0 Å². The van der Waals surface area contributed by atoms with Crippen molar-refractivity contribution < 1.29 is 14.2 Å². The summed E-state index contributed by atoms with van der Waals surface area (Å²) in [6.07, 6.45) is 0. The van der Waals surface area contributed by atoms with Crippen LogP contribution in [0.25, 0.3) is 0 Å². The Morgan fingerprint density at radius 1 is 1.38 bits per heavy atom. The Bertz CT molecular complexity index is 652. The molecule has 0 aromatic heterocycles. The smallest absolute Gasteiger partial charge is 0.165 e. The lowest BCUT2D eigenvalue weighted by atomic mass is 10.2. The van der Waals surface area contributed by atoms with Crippen LogP contribution < -0.4 is 10.1 Å². The molecule has 3 nitrogen and oxygen atoms in total. The Balaban J connectivity index is 2.25. The monoisotopic (exact) mass is 373 g/mol. The highest BCUT2D eigenvalue weighted by molar-refractivity contribution is 9.10. The molecule has 0 aliphatic carbocycles. The van der Waals surface area contributed by atoms with Gasteiger partial charge in [-0.25, -0.2) is 4.39 Å². The number of phenols is 1. The zero-order chi connectivity index (χ0) is 15.4. The number of rotatable bonds is 5. The predicted molar refractivity (Wildman–Crippen MR) is 85.7 cm³/mol. The molecule has 0 spiro atoms. The largest absolute Gasteiger partial charge is 0.505 e. The molecule has 0 unspecified atom stereocenters. The van der Waals surface area contributed by atoms with Crippen molar-refractivity contribution in [1.29, 1.82) is 0 Å². The molecule has 0 heterocycles. The number of hydrogen-bond acceptors (Lipinski definition) is 3. The standard InChI is InChI=1S/C15H14BrClFNO2/c1-2-21-15-11(16)6-10(17)7-13(15)19-8-9-4-3-5-12(18)14(9)20/h3-7,19-20H,2,8H2,1H3. The molecule has 0 fully saturated rings. The van der Waals surface area contributed by atoms with Gasteiger partial charge in [0.15, 0.2) is 17.3 Å². The van der Waals surface area contributed by atoms with Gasteiger partial charge in [-0.15, -0.1) is 0 Å². The van der Waals surface area contributed by atoms with Gasteiger partial charge in [0, 0.05) is 17.1 Å². The van der Waals surface area contributed by atoms with Crippen molar-refractivity contribution in [2.45, 2.75) is 13.5 Å². The first kappa shape index (κ1) is 15.9. The van der Waals surface area contributed by atoms with Crippen molar-refractivity contribution in [3.05, 3.63) is 51.2 Å². The molecule has 0 atom stereocenters. The second kappa shape index (κ2) is 7.00. The normalized spacial score (nSPS) is 10.5. The lowest BCUT2D eigenvalue weighted by molar-refractivity contribution is 0.339. The number of aromatic hydroxyl groups is 1. The third-order valence-corrected chi connectivity index (χ3v) is 3.64. The third kappa shape index (κ3) is 3.80. The maximum absolute atomic E-state index is 13.3. The zero-order valence-electron chi connectivity index (χ0n) is 11.3. The maximum atomic E-state index is 13.3. The van der Waals surface area contributed by atoms with E-state index in [0.29, 0.717) is 28.6 Å². The van der Waals surface area contributed by atoms with Crippen LogP contribution in [-0.2, 0) is 6.54 Å². The number of nitrogens with one attached hydrogen (secondary N) is 1. The number of para-hydroxylation sites is 1. The average Bonchev–Trinajstić information content (AvgIpc) is 2.44. The fraction of sp³-hybridized carbons (Fsp3) is 0.200. The Hall–Kier alpha value is -1.46. The van der Waals surface area contributed by atoms with E-state index in [9.17, 15) is 9.50 Å². The molecular weight excluding hydrogens is 361 g/mol. The van der Waals surface area contributed by atoms with Crippen LogP contribution in [-0.4, -0.2) is 11.7 Å². The van der Waals surface area contributed by atoms with Crippen molar-refractivity contribution in [3.63, 3.8) is 0 Å². The fourth-order valence-corrected chi connectivity index (χ4v) is 2.80. The summed E-state index contributed by atoms with van der Waals surface area (Å²) in [5.41, 5.74) is 1.12. The van der Waals surface area contributed by atoms with Gasteiger partial charge in [0.2, 0.25) is 0 Å². The van der Waals surface area contributed by atoms with Crippen LogP contribution in [0.5, 0.6) is 11.5 Å². The molecule has 0 aliphatic rings. The van der Waals surface area contributed by atoms with Crippen molar-refractivity contribution in [3.8, 4) is 11.5 Å². The maximum Gasteiger partial charge on any atom is 0.165 e. The van der Waals surface area contributed by atoms with E-state index in [2.05, 4.69) is 21.2 Å². The Morgan fingerprint density at radius 2 is 2.14 bits per heavy atom. The summed E-state index contributed by atoms with van der Waals surface area (Å²) in [5.74, 6) is -0.381. The van der Waals surface area contributed by atoms with Crippen LogP contribution in [0.3, 0.4) is 0 Å². The van der Waals surface area contributed by atoms with Crippen molar-refractivity contribution >= 4 is 33.2 Å². The van der Waals surface area contributed by atoms with Crippen LogP contribution in [0.15, 0.2) is 34.8 Å². The molecule has 2 aromatic rings. The van der Waals surface area contributed by atoms with Gasteiger partial charge in [-0.1, -0.05) is 23.7 Å². The topological polar surface area (TPSA) is 41.5 Å². The quantitative estimate of drug-likeness (QED) is 0.777. The van der Waals surface area contributed by atoms with Crippen LogP contribution in [0, 0.1) is 5.82 Å². The van der Waals surface area contributed by atoms with Crippen LogP contribution in [0.1, 0.15) is 12.5 Å². The summed E-state index contributed by atoms with van der Waals surface area (Å²) in [4.78, 5) is 0. The summed E-state index contributed by atoms with van der Waals surface area (Å²) in [6, 6.07) is 7.85. The van der Waals surface area contributed by atoms with E-state index in [1.807, 2.05) is 6.92 Å². The van der Waals surface area contributed by atoms with E-state index in [4.69, 9.17) is 16.3 Å². The molecule has 2 aromatic carbocycles. The molecule has 6 heteroatoms. The molecule has 0 radical (unpaired) electrons. The summed E-state index contributed by atoms with van der Waals surface area (Å²) in [7, 11) is 0. The number of hydrogen-bond donors (Lipinski definition) is 2. The molecule has 0 saturated carbocycles. The Kier molecular flexibility index (Phi) is 5.31.